The van der Waals surface area contributed by atoms with Crippen molar-refractivity contribution in [1.29, 1.82) is 0 Å². The third-order valence-electron chi connectivity index (χ3n) is 7.18. The van der Waals surface area contributed by atoms with E-state index in [1.165, 1.54) is 6.20 Å². The second-order valence-electron chi connectivity index (χ2n) is 9.28. The molecular weight excluding hydrogens is 450 g/mol. The number of carbonyl (C=O) groups is 1. The van der Waals surface area contributed by atoms with E-state index in [9.17, 15) is 9.59 Å². The minimum Gasteiger partial charge on any atom is -0.379 e. The van der Waals surface area contributed by atoms with Gasteiger partial charge in [0.05, 0.1) is 30.5 Å². The van der Waals surface area contributed by atoms with E-state index in [0.29, 0.717) is 35.1 Å². The number of aromatic nitrogens is 4. The Morgan fingerprint density at radius 3 is 2.89 bits per heavy atom. The Bertz CT molecular complexity index is 1290. The van der Waals surface area contributed by atoms with Crippen LogP contribution < -0.4 is 21.5 Å². The van der Waals surface area contributed by atoms with Gasteiger partial charge in [0.25, 0.3) is 11.5 Å². The standard InChI is InChI=1S/C24H31N7O4/c1-24(34-3)9-8-18(24)28-22(32)16-13-26-31-20(25-2)12-19(29-21(16)31)27-17-7-4-10-30(23(17)33)15-6-5-11-35-14-15/h4,7,10,12-13,15,18,25H,5-6,8-9,11,14H2,1-3H3,(H,27,29)(H,28,32)/t15-,18-,24-/m1/s1. The molecule has 0 spiro atoms. The van der Waals surface area contributed by atoms with Crippen LogP contribution >= 0.6 is 0 Å². The molecule has 11 nitrogen and oxygen atoms in total. The van der Waals surface area contributed by atoms with Crippen molar-refractivity contribution in [3.8, 4) is 0 Å². The van der Waals surface area contributed by atoms with Gasteiger partial charge in [0.15, 0.2) is 5.65 Å². The molecule has 2 aliphatic rings. The van der Waals surface area contributed by atoms with Gasteiger partial charge in [-0.3, -0.25) is 9.59 Å². The summed E-state index contributed by atoms with van der Waals surface area (Å²) in [7, 11) is 3.42. The van der Waals surface area contributed by atoms with Crippen LogP contribution in [0.25, 0.3) is 5.65 Å². The van der Waals surface area contributed by atoms with Crippen LogP contribution in [0.2, 0.25) is 0 Å². The maximum atomic E-state index is 13.2. The zero-order valence-corrected chi connectivity index (χ0v) is 20.2. The summed E-state index contributed by atoms with van der Waals surface area (Å²) in [6.07, 6.45) is 6.86. The lowest BCUT2D eigenvalue weighted by Crippen LogP contribution is -2.59. The largest absolute Gasteiger partial charge is 0.379 e. The number of rotatable bonds is 7. The van der Waals surface area contributed by atoms with Gasteiger partial charge >= 0.3 is 0 Å². The van der Waals surface area contributed by atoms with Crippen molar-refractivity contribution in [2.24, 2.45) is 0 Å². The monoisotopic (exact) mass is 481 g/mol. The molecule has 3 atom stereocenters. The van der Waals surface area contributed by atoms with Crippen LogP contribution in [0.3, 0.4) is 0 Å². The van der Waals surface area contributed by atoms with Crippen molar-refractivity contribution in [3.63, 3.8) is 0 Å². The van der Waals surface area contributed by atoms with Crippen molar-refractivity contribution in [2.45, 2.75) is 50.3 Å². The summed E-state index contributed by atoms with van der Waals surface area (Å²) in [4.78, 5) is 30.9. The number of anilines is 3. The molecule has 0 bridgehead atoms. The molecule has 1 amide bonds. The van der Waals surface area contributed by atoms with Crippen LogP contribution in [0.5, 0.6) is 0 Å². The normalized spacial score (nSPS) is 24.1. The summed E-state index contributed by atoms with van der Waals surface area (Å²) in [6.45, 7) is 3.24. The van der Waals surface area contributed by atoms with Crippen LogP contribution in [0.4, 0.5) is 17.3 Å². The lowest BCUT2D eigenvalue weighted by atomic mass is 9.76. The molecule has 1 aliphatic carbocycles. The molecule has 35 heavy (non-hydrogen) atoms. The highest BCUT2D eigenvalue weighted by atomic mass is 16.5. The number of hydrogen-bond acceptors (Lipinski definition) is 8. The molecule has 1 saturated carbocycles. The summed E-state index contributed by atoms with van der Waals surface area (Å²) < 4.78 is 14.4. The highest BCUT2D eigenvalue weighted by Gasteiger charge is 2.44. The zero-order valence-electron chi connectivity index (χ0n) is 20.2. The van der Waals surface area contributed by atoms with Crippen molar-refractivity contribution in [2.75, 3.05) is 38.0 Å². The van der Waals surface area contributed by atoms with Gasteiger partial charge in [-0.1, -0.05) is 0 Å². The first-order chi connectivity index (χ1) is 16.9. The molecule has 11 heteroatoms. The minimum atomic E-state index is -0.370. The number of amides is 1. The van der Waals surface area contributed by atoms with E-state index in [0.717, 1.165) is 32.3 Å². The fourth-order valence-electron chi connectivity index (χ4n) is 4.74. The average Bonchev–Trinajstić information content (AvgIpc) is 3.31. The predicted molar refractivity (Wildman–Crippen MR) is 132 cm³/mol. The molecule has 3 aromatic heterocycles. The number of nitrogens with one attached hydrogen (secondary N) is 3. The molecule has 0 aromatic carbocycles. The van der Waals surface area contributed by atoms with Gasteiger partial charge in [-0.15, -0.1) is 0 Å². The number of hydrogen-bond donors (Lipinski definition) is 3. The Kier molecular flexibility index (Phi) is 6.20. The van der Waals surface area contributed by atoms with Crippen LogP contribution in [-0.2, 0) is 9.47 Å². The Balaban J connectivity index is 1.45. The molecule has 3 aromatic rings. The number of pyridine rings is 1. The molecule has 186 valence electrons. The van der Waals surface area contributed by atoms with E-state index in [-0.39, 0.29) is 29.2 Å². The van der Waals surface area contributed by atoms with E-state index in [4.69, 9.17) is 9.47 Å². The first-order valence-electron chi connectivity index (χ1n) is 11.9. The van der Waals surface area contributed by atoms with Crippen LogP contribution in [0.15, 0.2) is 35.4 Å². The molecule has 3 N–H and O–H groups in total. The summed E-state index contributed by atoms with van der Waals surface area (Å²) in [6, 6.07) is 5.23. The number of carbonyl (C=O) groups excluding carboxylic acids is 1. The number of methoxy groups -OCH3 is 1. The number of fused-ring (bicyclic) bond motifs is 1. The first-order valence-corrected chi connectivity index (χ1v) is 11.9. The van der Waals surface area contributed by atoms with E-state index in [1.807, 2.05) is 13.0 Å². The predicted octanol–water partition coefficient (Wildman–Crippen LogP) is 2.33. The second kappa shape index (κ2) is 9.31. The van der Waals surface area contributed by atoms with E-state index < -0.39 is 0 Å². The SMILES string of the molecule is CNc1cc(Nc2cccn([C@@H]3CCCOC3)c2=O)nc2c(C(=O)N[C@@H]3CC[C@@]3(C)OC)cnn12. The van der Waals surface area contributed by atoms with Crippen molar-refractivity contribution in [1.82, 2.24) is 24.5 Å². The second-order valence-corrected chi connectivity index (χ2v) is 9.28. The van der Waals surface area contributed by atoms with Crippen LogP contribution in [0.1, 0.15) is 49.0 Å². The lowest BCUT2D eigenvalue weighted by Gasteiger charge is -2.45. The van der Waals surface area contributed by atoms with Gasteiger partial charge in [0.1, 0.15) is 22.9 Å². The Hall–Kier alpha value is -3.44. The quantitative estimate of drug-likeness (QED) is 0.470. The topological polar surface area (TPSA) is 124 Å². The molecule has 2 fully saturated rings. The lowest BCUT2D eigenvalue weighted by molar-refractivity contribution is -0.0828. The summed E-state index contributed by atoms with van der Waals surface area (Å²) >= 11 is 0. The van der Waals surface area contributed by atoms with Crippen molar-refractivity contribution in [3.05, 3.63) is 46.5 Å². The Labute approximate surface area is 202 Å². The molecule has 1 saturated heterocycles. The summed E-state index contributed by atoms with van der Waals surface area (Å²) in [5, 5.41) is 13.6. The molecule has 5 rings (SSSR count). The van der Waals surface area contributed by atoms with Gasteiger partial charge in [0, 0.05) is 33.0 Å². The van der Waals surface area contributed by atoms with Gasteiger partial charge in [-0.25, -0.2) is 4.98 Å². The fraction of sp³-hybridized carbons (Fsp3) is 0.500. The number of ether oxygens (including phenoxy) is 2. The highest BCUT2D eigenvalue weighted by Crippen LogP contribution is 2.35. The van der Waals surface area contributed by atoms with Gasteiger partial charge in [0.2, 0.25) is 0 Å². The molecule has 4 heterocycles. The molecular formula is C24H31N7O4. The maximum absolute atomic E-state index is 13.2. The maximum Gasteiger partial charge on any atom is 0.274 e. The smallest absolute Gasteiger partial charge is 0.274 e. The molecule has 0 unspecified atom stereocenters. The highest BCUT2D eigenvalue weighted by molar-refractivity contribution is 6.00. The molecule has 0 radical (unpaired) electrons. The van der Waals surface area contributed by atoms with E-state index in [2.05, 4.69) is 26.0 Å². The van der Waals surface area contributed by atoms with Gasteiger partial charge < -0.3 is 30.0 Å². The summed E-state index contributed by atoms with van der Waals surface area (Å²) in [5.74, 6) is 0.787. The van der Waals surface area contributed by atoms with Crippen LogP contribution in [-0.4, -0.2) is 64.1 Å². The van der Waals surface area contributed by atoms with Gasteiger partial charge in [-0.05, 0) is 44.7 Å². The Morgan fingerprint density at radius 1 is 1.34 bits per heavy atom. The summed E-state index contributed by atoms with van der Waals surface area (Å²) in [5.41, 5.74) is 0.609. The van der Waals surface area contributed by atoms with Crippen LogP contribution in [0, 0.1) is 0 Å². The van der Waals surface area contributed by atoms with Gasteiger partial charge in [-0.2, -0.15) is 9.61 Å². The fourth-order valence-corrected chi connectivity index (χ4v) is 4.74. The van der Waals surface area contributed by atoms with E-state index >= 15 is 0 Å². The Morgan fingerprint density at radius 2 is 2.20 bits per heavy atom. The van der Waals surface area contributed by atoms with E-state index in [1.54, 1.807) is 41.6 Å². The minimum absolute atomic E-state index is 0.00993. The third-order valence-corrected chi connectivity index (χ3v) is 7.18. The van der Waals surface area contributed by atoms with Crippen molar-refractivity contribution < 1.29 is 14.3 Å². The zero-order chi connectivity index (χ0) is 24.6. The molecule has 1 aliphatic heterocycles. The average molecular weight is 482 g/mol. The van der Waals surface area contributed by atoms with Crippen molar-refractivity contribution >= 4 is 28.9 Å². The first kappa shape index (κ1) is 23.3. The number of nitrogens with zero attached hydrogens (tertiary/aromatic N) is 4. The third kappa shape index (κ3) is 4.25.